The summed E-state index contributed by atoms with van der Waals surface area (Å²) in [5.74, 6) is -6.84. The number of hydrogen-bond acceptors (Lipinski definition) is 12. The molecule has 45 heavy (non-hydrogen) atoms. The quantitative estimate of drug-likeness (QED) is 0.112. The fourth-order valence-electron chi connectivity index (χ4n) is 4.50. The van der Waals surface area contributed by atoms with Gasteiger partial charge in [0, 0.05) is 27.8 Å². The Balaban J connectivity index is 0.00000276. The molecule has 0 radical (unpaired) electrons. The van der Waals surface area contributed by atoms with Crippen molar-refractivity contribution >= 4 is 73.0 Å². The first-order chi connectivity index (χ1) is 20.3. The smallest absolute Gasteiger partial charge is 0.766 e. The van der Waals surface area contributed by atoms with Crippen LogP contribution in [0.3, 0.4) is 0 Å². The van der Waals surface area contributed by atoms with E-state index in [1.54, 1.807) is 12.1 Å². The summed E-state index contributed by atoms with van der Waals surface area (Å²) in [6, 6.07) is 16.2. The average molecular weight is 667 g/mol. The van der Waals surface area contributed by atoms with Crippen molar-refractivity contribution in [1.82, 2.24) is 9.80 Å². The molecule has 0 N–H and O–H groups in total. The molecule has 18 heteroatoms. The second-order valence-electron chi connectivity index (χ2n) is 9.09. The van der Waals surface area contributed by atoms with Gasteiger partial charge in [0.2, 0.25) is 5.91 Å². The normalized spacial score (nSPS) is 16.2. The van der Waals surface area contributed by atoms with Gasteiger partial charge in [0.05, 0.1) is 22.5 Å². The zero-order chi connectivity index (χ0) is 31.2. The molecule has 5 rings (SSSR count). The maximum atomic E-state index is 13.0. The average Bonchev–Trinajstić information content (AvgIpc) is 3.39. The predicted octanol–water partition coefficient (Wildman–Crippen LogP) is -4.92. The molecule has 2 aliphatic rings. The van der Waals surface area contributed by atoms with Crippen LogP contribution in [0.15, 0.2) is 76.7 Å². The molecule has 2 heterocycles. The second-order valence-corrected chi connectivity index (χ2v) is 11.3. The number of hydrogen-bond donors (Lipinski definition) is 0. The molecule has 3 aromatic rings. The monoisotopic (exact) mass is 666 g/mol. The number of carbonyl (C=O) groups is 5. The Morgan fingerprint density at radius 1 is 0.756 bits per heavy atom. The van der Waals surface area contributed by atoms with E-state index in [2.05, 4.69) is 9.98 Å². The van der Waals surface area contributed by atoms with Gasteiger partial charge in [-0.2, -0.15) is 0 Å². The summed E-state index contributed by atoms with van der Waals surface area (Å²) in [5.41, 5.74) is 0.887. The van der Waals surface area contributed by atoms with Crippen molar-refractivity contribution in [3.63, 3.8) is 0 Å². The minimum absolute atomic E-state index is 0. The topological polar surface area (TPSA) is 214 Å². The molecule has 4 amide bonds. The van der Waals surface area contributed by atoms with Crippen LogP contribution in [0, 0.1) is 6.92 Å². The van der Waals surface area contributed by atoms with E-state index in [9.17, 15) is 45.7 Å². The van der Waals surface area contributed by atoms with Gasteiger partial charge in [-0.05, 0) is 31.2 Å². The van der Waals surface area contributed by atoms with Crippen LogP contribution in [-0.4, -0.2) is 77.7 Å². The van der Waals surface area contributed by atoms with E-state index in [-0.39, 0.29) is 110 Å². The number of carbonyl (C=O) groups excluding carboxylic acids is 5. The zero-order valence-electron chi connectivity index (χ0n) is 23.7. The van der Waals surface area contributed by atoms with Crippen molar-refractivity contribution < 1.29 is 105 Å². The Bertz CT molecular complexity index is 2000. The molecular weight excluding hydrogens is 650 g/mol. The SMILES string of the molecule is Cc1c(N=C2c3ccccc3C(=O)N2C(=O)CS(=O)(=O)[O-])cccc1N=C1c2ccccc2C(=O)N1C(=O)C(=O)S(=O)[O-].[Na+].[Na+]. The van der Waals surface area contributed by atoms with Gasteiger partial charge in [-0.25, -0.2) is 28.2 Å². The first kappa shape index (κ1) is 36.4. The molecule has 0 bridgehead atoms. The second kappa shape index (κ2) is 14.2. The number of amidine groups is 2. The summed E-state index contributed by atoms with van der Waals surface area (Å²) in [5, 5.41) is -1.85. The molecule has 0 fully saturated rings. The maximum absolute atomic E-state index is 13.0. The third kappa shape index (κ3) is 7.05. The minimum Gasteiger partial charge on any atom is -0.766 e. The van der Waals surface area contributed by atoms with E-state index in [4.69, 9.17) is 0 Å². The standard InChI is InChI=1S/C27H18N4O10S2.2Na/c1-14-19(28-22-15-7-2-4-9-17(15)24(33)30(22)21(32)13-43(39,40)41)11-6-12-20(14)29-23-16-8-3-5-10-18(16)25(34)31(23)26(35)27(36)42(37)38;;/h2-12H,13H2,1H3,(H,37,38)(H,39,40,41);;/q;2*+1/p-2. The summed E-state index contributed by atoms with van der Waals surface area (Å²) >= 11 is -3.45. The minimum atomic E-state index is -5.04. The number of imide groups is 2. The van der Waals surface area contributed by atoms with E-state index in [0.29, 0.717) is 9.80 Å². The van der Waals surface area contributed by atoms with Crippen LogP contribution >= 0.6 is 0 Å². The van der Waals surface area contributed by atoms with Crippen LogP contribution < -0.4 is 59.1 Å². The van der Waals surface area contributed by atoms with Crippen LogP contribution in [0.2, 0.25) is 0 Å². The van der Waals surface area contributed by atoms with E-state index in [1.807, 2.05) is 0 Å². The molecule has 3 aromatic carbocycles. The Morgan fingerprint density at radius 3 is 1.62 bits per heavy atom. The summed E-state index contributed by atoms with van der Waals surface area (Å²) in [7, 11) is -5.04. The zero-order valence-corrected chi connectivity index (χ0v) is 29.4. The number of benzene rings is 3. The molecule has 2 aliphatic heterocycles. The Kier molecular flexibility index (Phi) is 11.5. The molecule has 0 spiro atoms. The van der Waals surface area contributed by atoms with E-state index in [1.165, 1.54) is 61.5 Å². The van der Waals surface area contributed by atoms with Crippen molar-refractivity contribution in [3.05, 3.63) is 94.5 Å². The molecular formula is C27H16N4Na2O10S2. The van der Waals surface area contributed by atoms with Crippen molar-refractivity contribution in [2.24, 2.45) is 9.98 Å². The first-order valence-corrected chi connectivity index (χ1v) is 14.7. The van der Waals surface area contributed by atoms with Crippen molar-refractivity contribution in [2.75, 3.05) is 5.75 Å². The summed E-state index contributed by atoms with van der Waals surface area (Å²) < 4.78 is 56.3. The van der Waals surface area contributed by atoms with Crippen LogP contribution in [0.25, 0.3) is 0 Å². The molecule has 14 nitrogen and oxygen atoms in total. The largest absolute Gasteiger partial charge is 1.00 e. The van der Waals surface area contributed by atoms with Gasteiger partial charge in [0.25, 0.3) is 16.9 Å². The molecule has 218 valence electrons. The molecule has 1 atom stereocenters. The molecule has 0 saturated carbocycles. The van der Waals surface area contributed by atoms with Crippen molar-refractivity contribution in [3.8, 4) is 0 Å². The number of amides is 4. The summed E-state index contributed by atoms with van der Waals surface area (Å²) in [4.78, 5) is 73.2. The third-order valence-electron chi connectivity index (χ3n) is 6.43. The van der Waals surface area contributed by atoms with Gasteiger partial charge in [-0.3, -0.25) is 28.2 Å². The molecule has 0 saturated heterocycles. The number of rotatable bonds is 4. The van der Waals surface area contributed by atoms with E-state index < -0.39 is 55.7 Å². The van der Waals surface area contributed by atoms with Gasteiger partial charge >= 0.3 is 65.0 Å². The van der Waals surface area contributed by atoms with Gasteiger partial charge in [-0.1, -0.05) is 42.5 Å². The van der Waals surface area contributed by atoms with E-state index in [0.717, 1.165) is 0 Å². The fraction of sp³-hybridized carbons (Fsp3) is 0.0741. The Hall–Kier alpha value is -3.03. The maximum Gasteiger partial charge on any atom is 1.00 e. The Morgan fingerprint density at radius 2 is 1.18 bits per heavy atom. The summed E-state index contributed by atoms with van der Waals surface area (Å²) in [6.45, 7) is 1.53. The number of nitrogens with zero attached hydrogens (tertiary/aromatic N) is 4. The molecule has 0 aromatic heterocycles. The van der Waals surface area contributed by atoms with Gasteiger partial charge in [0.15, 0.2) is 11.7 Å². The van der Waals surface area contributed by atoms with Crippen molar-refractivity contribution in [1.29, 1.82) is 0 Å². The molecule has 1 unspecified atom stereocenters. The van der Waals surface area contributed by atoms with Crippen LogP contribution in [0.1, 0.15) is 37.4 Å². The van der Waals surface area contributed by atoms with E-state index >= 15 is 0 Å². The fourth-order valence-corrected chi connectivity index (χ4v) is 5.17. The van der Waals surface area contributed by atoms with Crippen LogP contribution in [0.5, 0.6) is 0 Å². The Labute approximate surface area is 302 Å². The predicted molar refractivity (Wildman–Crippen MR) is 147 cm³/mol. The number of aliphatic imine (C=N–C) groups is 2. The van der Waals surface area contributed by atoms with Gasteiger partial charge in [0.1, 0.15) is 15.9 Å². The van der Waals surface area contributed by atoms with Crippen LogP contribution in [0.4, 0.5) is 11.4 Å². The first-order valence-electron chi connectivity index (χ1n) is 12.1. The van der Waals surface area contributed by atoms with Crippen LogP contribution in [-0.2, 0) is 35.6 Å². The van der Waals surface area contributed by atoms with Gasteiger partial charge < -0.3 is 9.11 Å². The third-order valence-corrected chi connectivity index (χ3v) is 7.51. The number of fused-ring (bicyclic) bond motifs is 2. The van der Waals surface area contributed by atoms with Gasteiger partial charge in [-0.15, -0.1) is 0 Å². The summed E-state index contributed by atoms with van der Waals surface area (Å²) in [6.07, 6.45) is 0. The van der Waals surface area contributed by atoms with Crippen molar-refractivity contribution in [2.45, 2.75) is 6.92 Å². The molecule has 0 aliphatic carbocycles.